The van der Waals surface area contributed by atoms with Gasteiger partial charge in [-0.25, -0.2) is 0 Å². The molecule has 0 fully saturated rings. The summed E-state index contributed by atoms with van der Waals surface area (Å²) in [5.41, 5.74) is 0. The maximum Gasteiger partial charge on any atom is 0.323 e. The number of aliphatic carboxylic acids is 1. The number of carboxylic acids is 1. The van der Waals surface area contributed by atoms with E-state index >= 15 is 0 Å². The van der Waals surface area contributed by atoms with E-state index < -0.39 is 11.2 Å². The molecule has 2 heterocycles. The fraction of sp³-hybridized carbons (Fsp3) is 0.250. The van der Waals surface area contributed by atoms with Gasteiger partial charge in [-0.3, -0.25) is 4.79 Å². The van der Waals surface area contributed by atoms with E-state index in [2.05, 4.69) is 0 Å². The monoisotopic (exact) mass is 198 g/mol. The van der Waals surface area contributed by atoms with Crippen LogP contribution in [0.4, 0.5) is 0 Å². The summed E-state index contributed by atoms with van der Waals surface area (Å²) in [6.07, 6.45) is 1.77. The van der Waals surface area contributed by atoms with E-state index in [-0.39, 0.29) is 5.75 Å². The van der Waals surface area contributed by atoms with Gasteiger partial charge in [-0.1, -0.05) is 0 Å². The first kappa shape index (κ1) is 8.37. The Labute approximate surface area is 78.8 Å². The molecule has 4 nitrogen and oxygen atoms in total. The summed E-state index contributed by atoms with van der Waals surface area (Å²) in [6.45, 7) is 0.420. The van der Waals surface area contributed by atoms with Gasteiger partial charge in [0, 0.05) is 6.07 Å². The first-order valence-corrected chi connectivity index (χ1v) is 4.67. The Hall–Kier alpha value is -1.23. The summed E-state index contributed by atoms with van der Waals surface area (Å²) in [5, 5.41) is 18.3. The van der Waals surface area contributed by atoms with Gasteiger partial charge in [0.1, 0.15) is 0 Å². The molecule has 0 saturated carbocycles. The molecular weight excluding hydrogens is 190 g/mol. The molecule has 1 unspecified atom stereocenters. The van der Waals surface area contributed by atoms with Gasteiger partial charge in [0.2, 0.25) is 0 Å². The molecule has 2 rings (SSSR count). The summed E-state index contributed by atoms with van der Waals surface area (Å²) >= 11 is 1.18. The van der Waals surface area contributed by atoms with Crippen LogP contribution in [0.15, 0.2) is 23.4 Å². The first-order chi connectivity index (χ1) is 6.18. The highest BCUT2D eigenvalue weighted by Crippen LogP contribution is 2.32. The Kier molecular flexibility index (Phi) is 1.88. The molecule has 68 valence electrons. The molecule has 0 radical (unpaired) electrons. The number of hydrogen-bond donors (Lipinski definition) is 2. The standard InChI is InChI=1S/C8H7NO3S/c10-5-2-1-3-9-4-6(8(11)12)13-7(5)9/h1-3,6H,4H2,(H-,10,11,12)/p+1. The zero-order chi connectivity index (χ0) is 9.42. The smallest absolute Gasteiger partial charge is 0.323 e. The van der Waals surface area contributed by atoms with Gasteiger partial charge < -0.3 is 10.2 Å². The maximum atomic E-state index is 10.7. The molecule has 1 aliphatic rings. The number of carbonyl (C=O) groups is 1. The van der Waals surface area contributed by atoms with Crippen molar-refractivity contribution >= 4 is 17.7 Å². The molecule has 0 saturated heterocycles. The molecule has 1 atom stereocenters. The zero-order valence-electron chi connectivity index (χ0n) is 6.67. The minimum Gasteiger partial charge on any atom is -0.502 e. The Balaban J connectivity index is 2.35. The van der Waals surface area contributed by atoms with Crippen LogP contribution in [0.2, 0.25) is 0 Å². The molecule has 0 aromatic carbocycles. The Morgan fingerprint density at radius 1 is 1.69 bits per heavy atom. The van der Waals surface area contributed by atoms with Crippen molar-refractivity contribution < 1.29 is 19.6 Å². The lowest BCUT2D eigenvalue weighted by atomic mass is 10.4. The summed E-state index contributed by atoms with van der Waals surface area (Å²) < 4.78 is 1.75. The fourth-order valence-corrected chi connectivity index (χ4v) is 2.34. The third kappa shape index (κ3) is 1.35. The molecule has 0 aliphatic carbocycles. The van der Waals surface area contributed by atoms with Crippen LogP contribution in [0, 0.1) is 0 Å². The minimum atomic E-state index is -0.840. The van der Waals surface area contributed by atoms with E-state index in [1.54, 1.807) is 22.9 Å². The van der Waals surface area contributed by atoms with Crippen molar-refractivity contribution in [3.63, 3.8) is 0 Å². The number of thioether (sulfide) groups is 1. The van der Waals surface area contributed by atoms with Crippen LogP contribution in [-0.2, 0) is 11.3 Å². The van der Waals surface area contributed by atoms with Gasteiger partial charge in [0.25, 0.3) is 5.03 Å². The highest BCUT2D eigenvalue weighted by atomic mass is 32.2. The predicted octanol–water partition coefficient (Wildman–Crippen LogP) is 0.239. The molecule has 2 N–H and O–H groups in total. The Morgan fingerprint density at radius 3 is 3.08 bits per heavy atom. The van der Waals surface area contributed by atoms with Crippen molar-refractivity contribution in [1.82, 2.24) is 0 Å². The van der Waals surface area contributed by atoms with Crippen LogP contribution in [0.3, 0.4) is 0 Å². The van der Waals surface area contributed by atoms with E-state index in [0.29, 0.717) is 11.6 Å². The number of pyridine rings is 1. The van der Waals surface area contributed by atoms with Gasteiger partial charge in [0.05, 0.1) is 0 Å². The average Bonchev–Trinajstić information content (AvgIpc) is 2.49. The maximum absolute atomic E-state index is 10.7. The van der Waals surface area contributed by atoms with Crippen molar-refractivity contribution in [1.29, 1.82) is 0 Å². The molecule has 0 spiro atoms. The third-order valence-electron chi connectivity index (χ3n) is 1.89. The minimum absolute atomic E-state index is 0.149. The second-order valence-electron chi connectivity index (χ2n) is 2.80. The topological polar surface area (TPSA) is 61.4 Å². The van der Waals surface area contributed by atoms with Crippen LogP contribution >= 0.6 is 11.8 Å². The highest BCUT2D eigenvalue weighted by molar-refractivity contribution is 8.00. The second-order valence-corrected chi connectivity index (χ2v) is 3.99. The van der Waals surface area contributed by atoms with Crippen LogP contribution < -0.4 is 4.57 Å². The van der Waals surface area contributed by atoms with Crippen molar-refractivity contribution in [3.05, 3.63) is 18.3 Å². The van der Waals surface area contributed by atoms with E-state index in [9.17, 15) is 9.90 Å². The molecule has 13 heavy (non-hydrogen) atoms. The number of fused-ring (bicyclic) bond motifs is 1. The summed E-state index contributed by atoms with van der Waals surface area (Å²) in [4.78, 5) is 10.7. The second kappa shape index (κ2) is 2.92. The third-order valence-corrected chi connectivity index (χ3v) is 3.19. The molecule has 5 heteroatoms. The van der Waals surface area contributed by atoms with Crippen LogP contribution in [0.5, 0.6) is 5.75 Å². The van der Waals surface area contributed by atoms with Gasteiger partial charge in [-0.2, -0.15) is 4.57 Å². The lowest BCUT2D eigenvalue weighted by Gasteiger charge is -1.92. The largest absolute Gasteiger partial charge is 0.502 e. The fourth-order valence-electron chi connectivity index (χ4n) is 1.28. The van der Waals surface area contributed by atoms with E-state index in [1.165, 1.54) is 11.8 Å². The number of nitrogens with zero attached hydrogens (tertiary/aromatic N) is 1. The SMILES string of the molecule is O=C(O)C1C[n+]2cccc(O)c2S1. The average molecular weight is 198 g/mol. The number of aromatic hydroxyl groups is 1. The number of carboxylic acid groups (broad SMARTS) is 1. The van der Waals surface area contributed by atoms with E-state index in [1.807, 2.05) is 0 Å². The van der Waals surface area contributed by atoms with E-state index in [0.717, 1.165) is 0 Å². The molecule has 0 bridgehead atoms. The molecule has 1 aliphatic heterocycles. The van der Waals surface area contributed by atoms with Crippen LogP contribution in [0.1, 0.15) is 0 Å². The summed E-state index contributed by atoms with van der Waals surface area (Å²) in [6, 6.07) is 3.26. The summed E-state index contributed by atoms with van der Waals surface area (Å²) in [7, 11) is 0. The van der Waals surface area contributed by atoms with Crippen molar-refractivity contribution in [2.45, 2.75) is 16.8 Å². The van der Waals surface area contributed by atoms with Crippen molar-refractivity contribution in [2.75, 3.05) is 0 Å². The van der Waals surface area contributed by atoms with E-state index in [4.69, 9.17) is 5.11 Å². The first-order valence-electron chi connectivity index (χ1n) is 3.79. The quantitative estimate of drug-likeness (QED) is 0.634. The van der Waals surface area contributed by atoms with Gasteiger partial charge in [-0.15, -0.1) is 0 Å². The number of aromatic nitrogens is 1. The number of hydrogen-bond acceptors (Lipinski definition) is 3. The normalized spacial score (nSPS) is 19.8. The Morgan fingerprint density at radius 2 is 2.46 bits per heavy atom. The lowest BCUT2D eigenvalue weighted by Crippen LogP contribution is -2.36. The van der Waals surface area contributed by atoms with Crippen molar-refractivity contribution in [2.24, 2.45) is 0 Å². The van der Waals surface area contributed by atoms with Gasteiger partial charge in [0.15, 0.2) is 23.7 Å². The van der Waals surface area contributed by atoms with Crippen LogP contribution in [0.25, 0.3) is 0 Å². The molecular formula is C8H8NO3S+. The molecule has 1 aromatic rings. The zero-order valence-corrected chi connectivity index (χ0v) is 7.49. The van der Waals surface area contributed by atoms with Crippen molar-refractivity contribution in [3.8, 4) is 5.75 Å². The lowest BCUT2D eigenvalue weighted by molar-refractivity contribution is -0.725. The Bertz CT molecular complexity index is 366. The molecule has 0 amide bonds. The number of rotatable bonds is 1. The van der Waals surface area contributed by atoms with Gasteiger partial charge >= 0.3 is 5.97 Å². The predicted molar refractivity (Wildman–Crippen MR) is 45.6 cm³/mol. The van der Waals surface area contributed by atoms with Crippen LogP contribution in [-0.4, -0.2) is 21.4 Å². The molecule has 1 aromatic heterocycles. The summed E-state index contributed by atoms with van der Waals surface area (Å²) in [5.74, 6) is -0.690. The van der Waals surface area contributed by atoms with Gasteiger partial charge in [-0.05, 0) is 17.8 Å². The highest BCUT2D eigenvalue weighted by Gasteiger charge is 2.36.